The lowest BCUT2D eigenvalue weighted by atomic mass is 10.3. The number of hydrogen-bond acceptors (Lipinski definition) is 3. The van der Waals surface area contributed by atoms with Gasteiger partial charge in [-0.15, -0.1) is 0 Å². The van der Waals surface area contributed by atoms with E-state index in [1.807, 2.05) is 0 Å². The van der Waals surface area contributed by atoms with Crippen molar-refractivity contribution in [2.75, 3.05) is 18.9 Å². The van der Waals surface area contributed by atoms with E-state index < -0.39 is 28.3 Å². The molecule has 0 aliphatic heterocycles. The normalized spacial score (nSPS) is 11.5. The van der Waals surface area contributed by atoms with Crippen LogP contribution in [-0.4, -0.2) is 32.2 Å². The van der Waals surface area contributed by atoms with Gasteiger partial charge in [-0.05, 0) is 30.3 Å². The van der Waals surface area contributed by atoms with Crippen molar-refractivity contribution >= 4 is 44.8 Å². The van der Waals surface area contributed by atoms with Crippen LogP contribution < -0.4 is 5.32 Å². The maximum absolute atomic E-state index is 13.1. The van der Waals surface area contributed by atoms with E-state index in [-0.39, 0.29) is 20.6 Å². The van der Waals surface area contributed by atoms with E-state index in [0.717, 1.165) is 10.4 Å². The van der Waals surface area contributed by atoms with E-state index in [1.165, 1.54) is 43.4 Å². The van der Waals surface area contributed by atoms with Crippen molar-refractivity contribution in [3.05, 3.63) is 58.3 Å². The van der Waals surface area contributed by atoms with Gasteiger partial charge in [0.1, 0.15) is 10.7 Å². The number of likely N-dealkylation sites (N-methyl/N-ethyl adjacent to an activating group) is 1. The number of benzene rings is 2. The highest BCUT2D eigenvalue weighted by molar-refractivity contribution is 7.89. The van der Waals surface area contributed by atoms with Gasteiger partial charge in [0, 0.05) is 12.7 Å². The lowest BCUT2D eigenvalue weighted by Gasteiger charge is -2.18. The third kappa shape index (κ3) is 4.24. The lowest BCUT2D eigenvalue weighted by Crippen LogP contribution is -2.35. The fraction of sp³-hybridized carbons (Fsp3) is 0.133. The minimum absolute atomic E-state index is 0.0418. The monoisotopic (exact) mass is 390 g/mol. The fourth-order valence-electron chi connectivity index (χ4n) is 1.94. The molecular formula is C15H13Cl2FN2O3S. The van der Waals surface area contributed by atoms with Crippen molar-refractivity contribution in [1.29, 1.82) is 0 Å². The van der Waals surface area contributed by atoms with E-state index in [4.69, 9.17) is 23.2 Å². The Balaban J connectivity index is 2.16. The molecule has 2 aromatic rings. The Labute approximate surface area is 149 Å². The number of anilines is 1. The molecule has 0 unspecified atom stereocenters. The van der Waals surface area contributed by atoms with Crippen LogP contribution in [0.2, 0.25) is 10.0 Å². The number of halogens is 3. The molecule has 0 spiro atoms. The average molecular weight is 391 g/mol. The molecule has 0 radical (unpaired) electrons. The molecular weight excluding hydrogens is 378 g/mol. The van der Waals surface area contributed by atoms with Crippen LogP contribution in [0, 0.1) is 5.82 Å². The summed E-state index contributed by atoms with van der Waals surface area (Å²) in [6.45, 7) is -0.486. The van der Waals surface area contributed by atoms with Gasteiger partial charge in [-0.2, -0.15) is 4.31 Å². The second-order valence-corrected chi connectivity index (χ2v) is 7.67. The van der Waals surface area contributed by atoms with Crippen LogP contribution >= 0.6 is 23.2 Å². The lowest BCUT2D eigenvalue weighted by molar-refractivity contribution is -0.116. The summed E-state index contributed by atoms with van der Waals surface area (Å²) in [5.41, 5.74) is 0.224. The predicted molar refractivity (Wildman–Crippen MR) is 91.3 cm³/mol. The summed E-state index contributed by atoms with van der Waals surface area (Å²) in [5.74, 6) is -1.15. The minimum Gasteiger partial charge on any atom is -0.325 e. The van der Waals surface area contributed by atoms with Crippen molar-refractivity contribution < 1.29 is 17.6 Å². The van der Waals surface area contributed by atoms with E-state index in [0.29, 0.717) is 0 Å². The second kappa shape index (κ2) is 7.48. The van der Waals surface area contributed by atoms with Gasteiger partial charge in [-0.3, -0.25) is 4.79 Å². The molecule has 0 aliphatic carbocycles. The summed E-state index contributed by atoms with van der Waals surface area (Å²) in [7, 11) is -2.84. The standard InChI is InChI=1S/C15H13Cl2FN2O3S/c1-20(9-14(21)19-11-5-2-4-10(18)8-11)24(22,23)15-12(16)6-3-7-13(15)17/h2-8H,9H2,1H3,(H,19,21). The third-order valence-corrected chi connectivity index (χ3v) is 5.82. The van der Waals surface area contributed by atoms with Crippen LogP contribution in [0.15, 0.2) is 47.4 Å². The highest BCUT2D eigenvalue weighted by atomic mass is 35.5. The van der Waals surface area contributed by atoms with Crippen molar-refractivity contribution in [3.63, 3.8) is 0 Å². The maximum atomic E-state index is 13.1. The molecule has 9 heteroatoms. The molecule has 0 heterocycles. The summed E-state index contributed by atoms with van der Waals surface area (Å²) in [5, 5.41) is 2.33. The summed E-state index contributed by atoms with van der Waals surface area (Å²) < 4.78 is 39.0. The fourth-order valence-corrected chi connectivity index (χ4v) is 4.15. The first kappa shape index (κ1) is 18.7. The SMILES string of the molecule is CN(CC(=O)Nc1cccc(F)c1)S(=O)(=O)c1c(Cl)cccc1Cl. The van der Waals surface area contributed by atoms with Crippen LogP contribution in [0.5, 0.6) is 0 Å². The van der Waals surface area contributed by atoms with Gasteiger partial charge in [-0.1, -0.05) is 35.3 Å². The van der Waals surface area contributed by atoms with Gasteiger partial charge >= 0.3 is 0 Å². The maximum Gasteiger partial charge on any atom is 0.246 e. The Bertz CT molecular complexity index is 855. The van der Waals surface area contributed by atoms with Crippen molar-refractivity contribution in [2.24, 2.45) is 0 Å². The zero-order valence-corrected chi connectivity index (χ0v) is 14.8. The van der Waals surface area contributed by atoms with Gasteiger partial charge in [0.2, 0.25) is 15.9 Å². The third-order valence-electron chi connectivity index (χ3n) is 3.06. The molecule has 2 rings (SSSR count). The Hall–Kier alpha value is -1.67. The van der Waals surface area contributed by atoms with Gasteiger partial charge in [-0.25, -0.2) is 12.8 Å². The molecule has 0 aromatic heterocycles. The van der Waals surface area contributed by atoms with Gasteiger partial charge < -0.3 is 5.32 Å². The molecule has 5 nitrogen and oxygen atoms in total. The average Bonchev–Trinajstić information content (AvgIpc) is 2.46. The zero-order valence-electron chi connectivity index (χ0n) is 12.5. The highest BCUT2D eigenvalue weighted by Gasteiger charge is 2.27. The van der Waals surface area contributed by atoms with Crippen LogP contribution in [0.25, 0.3) is 0 Å². The number of carbonyl (C=O) groups is 1. The number of sulfonamides is 1. The van der Waals surface area contributed by atoms with Crippen LogP contribution in [0.1, 0.15) is 0 Å². The van der Waals surface area contributed by atoms with E-state index in [2.05, 4.69) is 5.32 Å². The molecule has 2 aromatic carbocycles. The van der Waals surface area contributed by atoms with Crippen LogP contribution in [0.3, 0.4) is 0 Å². The number of rotatable bonds is 5. The highest BCUT2D eigenvalue weighted by Crippen LogP contribution is 2.30. The molecule has 0 saturated heterocycles. The molecule has 128 valence electrons. The summed E-state index contributed by atoms with van der Waals surface area (Å²) >= 11 is 11.8. The van der Waals surface area contributed by atoms with Gasteiger partial charge in [0.05, 0.1) is 16.6 Å². The second-order valence-electron chi connectivity index (χ2n) is 4.87. The van der Waals surface area contributed by atoms with Gasteiger partial charge in [0.25, 0.3) is 0 Å². The van der Waals surface area contributed by atoms with Gasteiger partial charge in [0.15, 0.2) is 0 Å². The topological polar surface area (TPSA) is 66.5 Å². The predicted octanol–water partition coefficient (Wildman–Crippen LogP) is 3.39. The molecule has 0 bridgehead atoms. The summed E-state index contributed by atoms with van der Waals surface area (Å²) in [4.78, 5) is 11.7. The van der Waals surface area contributed by atoms with E-state index in [9.17, 15) is 17.6 Å². The number of nitrogens with zero attached hydrogens (tertiary/aromatic N) is 1. The van der Waals surface area contributed by atoms with E-state index in [1.54, 1.807) is 0 Å². The Morgan fingerprint density at radius 3 is 2.33 bits per heavy atom. The molecule has 0 aliphatic rings. The first-order valence-corrected chi connectivity index (χ1v) is 8.87. The molecule has 0 saturated carbocycles. The number of nitrogens with one attached hydrogen (secondary N) is 1. The number of amides is 1. The first-order valence-electron chi connectivity index (χ1n) is 6.67. The largest absolute Gasteiger partial charge is 0.325 e. The molecule has 1 N–H and O–H groups in total. The Morgan fingerprint density at radius 2 is 1.75 bits per heavy atom. The quantitative estimate of drug-likeness (QED) is 0.850. The molecule has 1 amide bonds. The number of hydrogen-bond donors (Lipinski definition) is 1. The van der Waals surface area contributed by atoms with Crippen LogP contribution in [0.4, 0.5) is 10.1 Å². The van der Waals surface area contributed by atoms with Crippen molar-refractivity contribution in [1.82, 2.24) is 4.31 Å². The first-order chi connectivity index (χ1) is 11.2. The Kier molecular flexibility index (Phi) is 5.82. The van der Waals surface area contributed by atoms with Crippen molar-refractivity contribution in [3.8, 4) is 0 Å². The smallest absolute Gasteiger partial charge is 0.246 e. The Morgan fingerprint density at radius 1 is 1.17 bits per heavy atom. The molecule has 0 atom stereocenters. The summed E-state index contributed by atoms with van der Waals surface area (Å²) in [6, 6.07) is 9.56. The molecule has 0 fully saturated rings. The molecule has 24 heavy (non-hydrogen) atoms. The zero-order chi connectivity index (χ0) is 17.9. The van der Waals surface area contributed by atoms with Crippen LogP contribution in [-0.2, 0) is 14.8 Å². The van der Waals surface area contributed by atoms with E-state index >= 15 is 0 Å². The van der Waals surface area contributed by atoms with Crippen molar-refractivity contribution in [2.45, 2.75) is 4.90 Å². The number of carbonyl (C=O) groups excluding carboxylic acids is 1. The summed E-state index contributed by atoms with van der Waals surface area (Å²) in [6.07, 6.45) is 0. The minimum atomic E-state index is -4.06.